The van der Waals surface area contributed by atoms with Crippen LogP contribution in [0.1, 0.15) is 12.5 Å². The number of aromatic nitrogens is 1. The largest absolute Gasteiger partial charge is 0.494 e. The van der Waals surface area contributed by atoms with Crippen molar-refractivity contribution in [1.29, 1.82) is 5.26 Å². The molecular formula is C28H21Cl2N3O2S. The van der Waals surface area contributed by atoms with Gasteiger partial charge in [0.25, 0.3) is 0 Å². The van der Waals surface area contributed by atoms with Gasteiger partial charge < -0.3 is 10.1 Å². The summed E-state index contributed by atoms with van der Waals surface area (Å²) in [6.07, 6.45) is 0. The van der Waals surface area contributed by atoms with Crippen molar-refractivity contribution in [2.45, 2.75) is 11.9 Å². The fraction of sp³-hybridized carbons (Fsp3) is 0.107. The molecule has 0 atom stereocenters. The molecule has 1 N–H and O–H groups in total. The second-order valence-electron chi connectivity index (χ2n) is 7.66. The highest BCUT2D eigenvalue weighted by Gasteiger charge is 2.17. The van der Waals surface area contributed by atoms with Gasteiger partial charge in [-0.15, -0.1) is 0 Å². The van der Waals surface area contributed by atoms with Crippen molar-refractivity contribution < 1.29 is 9.53 Å². The number of pyridine rings is 1. The molecular weight excluding hydrogens is 513 g/mol. The molecule has 0 aliphatic heterocycles. The summed E-state index contributed by atoms with van der Waals surface area (Å²) in [6, 6.07) is 25.9. The fourth-order valence-electron chi connectivity index (χ4n) is 3.49. The van der Waals surface area contributed by atoms with Gasteiger partial charge in [0.2, 0.25) is 5.91 Å². The minimum Gasteiger partial charge on any atom is -0.494 e. The van der Waals surface area contributed by atoms with Crippen molar-refractivity contribution in [1.82, 2.24) is 4.98 Å². The standard InChI is InChI=1S/C28H21Cl2N3O2S/c1-2-35-23-13-11-22(12-14-23)32-27(34)17-36-28-25(16-31)24(18-3-7-20(29)8-4-18)15-26(33-28)19-5-9-21(30)10-6-19/h3-15H,2,17H2,1H3,(H,32,34). The van der Waals surface area contributed by atoms with Crippen LogP contribution in [0.3, 0.4) is 0 Å². The van der Waals surface area contributed by atoms with Crippen LogP contribution in [0.2, 0.25) is 10.0 Å². The zero-order valence-electron chi connectivity index (χ0n) is 19.3. The Labute approximate surface area is 224 Å². The Balaban J connectivity index is 1.63. The lowest BCUT2D eigenvalue weighted by molar-refractivity contribution is -0.113. The van der Waals surface area contributed by atoms with E-state index in [-0.39, 0.29) is 11.7 Å². The number of amides is 1. The molecule has 0 saturated heterocycles. The van der Waals surface area contributed by atoms with Crippen molar-refractivity contribution >= 4 is 46.6 Å². The van der Waals surface area contributed by atoms with Crippen molar-refractivity contribution in [3.63, 3.8) is 0 Å². The average Bonchev–Trinajstić information content (AvgIpc) is 2.89. The van der Waals surface area contributed by atoms with Gasteiger partial charge in [-0.1, -0.05) is 59.2 Å². The number of anilines is 1. The van der Waals surface area contributed by atoms with Gasteiger partial charge in [-0.3, -0.25) is 4.79 Å². The molecule has 0 aliphatic rings. The van der Waals surface area contributed by atoms with Gasteiger partial charge in [-0.05, 0) is 67.1 Å². The van der Waals surface area contributed by atoms with Gasteiger partial charge in [0.1, 0.15) is 16.8 Å². The quantitative estimate of drug-likeness (QED) is 0.234. The Bertz CT molecular complexity index is 1400. The molecule has 180 valence electrons. The predicted molar refractivity (Wildman–Crippen MR) is 147 cm³/mol. The van der Waals surface area contributed by atoms with E-state index in [0.29, 0.717) is 44.2 Å². The van der Waals surface area contributed by atoms with E-state index >= 15 is 0 Å². The first-order valence-electron chi connectivity index (χ1n) is 11.1. The number of rotatable bonds is 8. The third-order valence-electron chi connectivity index (χ3n) is 5.18. The lowest BCUT2D eigenvalue weighted by Gasteiger charge is -2.13. The molecule has 5 nitrogen and oxygen atoms in total. The van der Waals surface area contributed by atoms with E-state index in [1.165, 1.54) is 11.8 Å². The van der Waals surface area contributed by atoms with E-state index in [9.17, 15) is 10.1 Å². The summed E-state index contributed by atoms with van der Waals surface area (Å²) in [6.45, 7) is 2.49. The number of nitrogens with one attached hydrogen (secondary N) is 1. The van der Waals surface area contributed by atoms with Crippen molar-refractivity contribution in [2.75, 3.05) is 17.7 Å². The van der Waals surface area contributed by atoms with E-state index < -0.39 is 0 Å². The SMILES string of the molecule is CCOc1ccc(NC(=O)CSc2nc(-c3ccc(Cl)cc3)cc(-c3ccc(Cl)cc3)c2C#N)cc1. The number of thioether (sulfide) groups is 1. The van der Waals surface area contributed by atoms with Crippen LogP contribution in [-0.4, -0.2) is 23.3 Å². The highest BCUT2D eigenvalue weighted by molar-refractivity contribution is 8.00. The predicted octanol–water partition coefficient (Wildman–Crippen LogP) is 7.72. The first kappa shape index (κ1) is 25.6. The molecule has 8 heteroatoms. The molecule has 0 fully saturated rings. The van der Waals surface area contributed by atoms with E-state index in [4.69, 9.17) is 32.9 Å². The molecule has 0 bridgehead atoms. The van der Waals surface area contributed by atoms with Gasteiger partial charge in [-0.25, -0.2) is 4.98 Å². The second kappa shape index (κ2) is 12.0. The van der Waals surface area contributed by atoms with Gasteiger partial charge in [-0.2, -0.15) is 5.26 Å². The van der Waals surface area contributed by atoms with Gasteiger partial charge in [0, 0.05) is 26.9 Å². The minimum absolute atomic E-state index is 0.0824. The number of nitrogens with zero attached hydrogens (tertiary/aromatic N) is 2. The lowest BCUT2D eigenvalue weighted by Crippen LogP contribution is -2.14. The molecule has 1 heterocycles. The van der Waals surface area contributed by atoms with Crippen LogP contribution in [-0.2, 0) is 4.79 Å². The van der Waals surface area contributed by atoms with Crippen LogP contribution in [0.25, 0.3) is 22.4 Å². The molecule has 0 aliphatic carbocycles. The molecule has 3 aromatic carbocycles. The summed E-state index contributed by atoms with van der Waals surface area (Å²) in [5.74, 6) is 0.611. The van der Waals surface area contributed by atoms with Crippen molar-refractivity contribution in [3.05, 3.63) is 94.5 Å². The van der Waals surface area contributed by atoms with Crippen LogP contribution in [0.4, 0.5) is 5.69 Å². The Kier molecular flexibility index (Phi) is 8.50. The van der Waals surface area contributed by atoms with Crippen LogP contribution in [0.15, 0.2) is 83.9 Å². The Morgan fingerprint density at radius 2 is 1.58 bits per heavy atom. The maximum atomic E-state index is 12.7. The van der Waals surface area contributed by atoms with Gasteiger partial charge in [0.05, 0.1) is 23.6 Å². The number of benzene rings is 3. The third-order valence-corrected chi connectivity index (χ3v) is 6.66. The summed E-state index contributed by atoms with van der Waals surface area (Å²) in [7, 11) is 0. The Hall–Kier alpha value is -3.50. The van der Waals surface area contributed by atoms with Crippen molar-refractivity contribution in [2.24, 2.45) is 0 Å². The zero-order chi connectivity index (χ0) is 25.5. The monoisotopic (exact) mass is 533 g/mol. The molecule has 1 amide bonds. The average molecular weight is 534 g/mol. The molecule has 1 aromatic heterocycles. The highest BCUT2D eigenvalue weighted by Crippen LogP contribution is 2.35. The maximum Gasteiger partial charge on any atom is 0.234 e. The lowest BCUT2D eigenvalue weighted by atomic mass is 9.99. The summed E-state index contributed by atoms with van der Waals surface area (Å²) in [4.78, 5) is 17.4. The molecule has 0 saturated carbocycles. The van der Waals surface area contributed by atoms with Crippen LogP contribution in [0.5, 0.6) is 5.75 Å². The van der Waals surface area contributed by atoms with E-state index in [0.717, 1.165) is 16.9 Å². The minimum atomic E-state index is -0.209. The van der Waals surface area contributed by atoms with E-state index in [1.807, 2.05) is 37.3 Å². The molecule has 4 rings (SSSR count). The maximum absolute atomic E-state index is 12.7. The van der Waals surface area contributed by atoms with Crippen LogP contribution < -0.4 is 10.1 Å². The number of carbonyl (C=O) groups excluding carboxylic acids is 1. The third kappa shape index (κ3) is 6.38. The summed E-state index contributed by atoms with van der Waals surface area (Å²) in [5, 5.41) is 14.6. The van der Waals surface area contributed by atoms with E-state index in [1.54, 1.807) is 48.5 Å². The van der Waals surface area contributed by atoms with Gasteiger partial charge in [0.15, 0.2) is 0 Å². The first-order chi connectivity index (χ1) is 17.5. The zero-order valence-corrected chi connectivity index (χ0v) is 21.6. The Morgan fingerprint density at radius 1 is 0.972 bits per heavy atom. The molecule has 4 aromatic rings. The van der Waals surface area contributed by atoms with Crippen LogP contribution >= 0.6 is 35.0 Å². The second-order valence-corrected chi connectivity index (χ2v) is 9.49. The molecule has 0 spiro atoms. The number of carbonyl (C=O) groups is 1. The number of nitriles is 1. The number of hydrogen-bond acceptors (Lipinski definition) is 5. The summed E-state index contributed by atoms with van der Waals surface area (Å²) >= 11 is 13.4. The first-order valence-corrected chi connectivity index (χ1v) is 12.8. The number of ether oxygens (including phenoxy) is 1. The summed E-state index contributed by atoms with van der Waals surface area (Å²) < 4.78 is 5.43. The van der Waals surface area contributed by atoms with E-state index in [2.05, 4.69) is 11.4 Å². The van der Waals surface area contributed by atoms with Crippen LogP contribution in [0, 0.1) is 11.3 Å². The summed E-state index contributed by atoms with van der Waals surface area (Å²) in [5.41, 5.74) is 4.12. The fourth-order valence-corrected chi connectivity index (χ4v) is 4.55. The smallest absolute Gasteiger partial charge is 0.234 e. The number of hydrogen-bond donors (Lipinski definition) is 1. The Morgan fingerprint density at radius 3 is 2.17 bits per heavy atom. The van der Waals surface area contributed by atoms with Crippen molar-refractivity contribution in [3.8, 4) is 34.2 Å². The normalized spacial score (nSPS) is 10.5. The number of halogens is 2. The highest BCUT2D eigenvalue weighted by atomic mass is 35.5. The molecule has 0 radical (unpaired) electrons. The topological polar surface area (TPSA) is 75.0 Å². The molecule has 0 unspecified atom stereocenters. The molecule has 36 heavy (non-hydrogen) atoms. The van der Waals surface area contributed by atoms with Gasteiger partial charge >= 0.3 is 0 Å².